The first-order chi connectivity index (χ1) is 4.51. The summed E-state index contributed by atoms with van der Waals surface area (Å²) in [6.45, 7) is 3.52. The van der Waals surface area contributed by atoms with E-state index in [1.165, 1.54) is 0 Å². The Balaban J connectivity index is 0.000001000. The largest absolute Gasteiger partial charge is 0.479 e. The van der Waals surface area contributed by atoms with Crippen LogP contribution >= 0.6 is 0 Å². The molecule has 0 aromatic heterocycles. The molecule has 0 aromatic carbocycles. The fourth-order valence-corrected chi connectivity index (χ4v) is 0.809. The molecule has 1 N–H and O–H groups in total. The molecule has 0 saturated carbocycles. The van der Waals surface area contributed by atoms with Crippen LogP contribution in [0.4, 0.5) is 0 Å². The van der Waals surface area contributed by atoms with Gasteiger partial charge in [-0.05, 0) is 13.8 Å². The van der Waals surface area contributed by atoms with E-state index in [9.17, 15) is 4.79 Å². The number of aliphatic carboxylic acids is 1. The van der Waals surface area contributed by atoms with Gasteiger partial charge in [0.2, 0.25) is 0 Å². The summed E-state index contributed by atoms with van der Waals surface area (Å²) in [6, 6.07) is 0. The Kier molecular flexibility index (Phi) is 4.72. The minimum atomic E-state index is -0.967. The number of rotatable bonds is 1. The number of carboxylic acid groups (broad SMARTS) is 1. The van der Waals surface area contributed by atoms with Crippen molar-refractivity contribution in [3.63, 3.8) is 0 Å². The van der Waals surface area contributed by atoms with Gasteiger partial charge in [-0.2, -0.15) is 0 Å². The molecule has 0 bridgehead atoms. The second-order valence-corrected chi connectivity index (χ2v) is 2.66. The van der Waals surface area contributed by atoms with Crippen LogP contribution < -0.4 is 0 Å². The van der Waals surface area contributed by atoms with E-state index >= 15 is 0 Å². The molecule has 1 aliphatic heterocycles. The maximum absolute atomic E-state index is 10.3. The quantitative estimate of drug-likeness (QED) is 0.577. The third kappa shape index (κ3) is 3.50. The Morgan fingerprint density at radius 1 is 1.64 bits per heavy atom. The smallest absolute Gasteiger partial charge is 0.335 e. The molecule has 1 heterocycles. The zero-order chi connectivity index (χ0) is 7.78. The first-order valence-electron chi connectivity index (χ1n) is 3.06. The normalized spacial score (nSPS) is 27.6. The van der Waals surface area contributed by atoms with E-state index in [-0.39, 0.29) is 58.0 Å². The van der Waals surface area contributed by atoms with Gasteiger partial charge in [0, 0.05) is 51.4 Å². The van der Waals surface area contributed by atoms with Crippen molar-refractivity contribution in [3.05, 3.63) is 0 Å². The molecule has 1 fully saturated rings. The van der Waals surface area contributed by atoms with Crippen molar-refractivity contribution in [2.45, 2.75) is 25.7 Å². The molecule has 0 spiro atoms. The van der Waals surface area contributed by atoms with Crippen molar-refractivity contribution in [1.29, 1.82) is 0 Å². The van der Waals surface area contributed by atoms with Crippen LogP contribution in [0.15, 0.2) is 0 Å². The molecule has 5 heteroatoms. The molecule has 0 aliphatic carbocycles. The van der Waals surface area contributed by atoms with Crippen LogP contribution in [0, 0.1) is 0 Å². The van der Waals surface area contributed by atoms with Gasteiger partial charge in [0.25, 0.3) is 0 Å². The third-order valence-electron chi connectivity index (χ3n) is 1.28. The number of carboxylic acids is 1. The van der Waals surface area contributed by atoms with Gasteiger partial charge in [0.15, 0.2) is 11.9 Å². The van der Waals surface area contributed by atoms with Crippen LogP contribution in [0.3, 0.4) is 0 Å². The standard InChI is InChI=1S/C6H10O4.K/c1-6(2)9-3-4(10-6)5(7)8;/h4H,3H2,1-2H3,(H,7,8);. The summed E-state index contributed by atoms with van der Waals surface area (Å²) in [6.07, 6.45) is -0.796. The number of hydrogen-bond acceptors (Lipinski definition) is 3. The van der Waals surface area contributed by atoms with Crippen LogP contribution in [0.25, 0.3) is 0 Å². The Bertz CT molecular complexity index is 157. The second kappa shape index (κ2) is 4.32. The molecular formula is C6H10KO4. The Morgan fingerprint density at radius 3 is 2.36 bits per heavy atom. The maximum atomic E-state index is 10.3. The van der Waals surface area contributed by atoms with Crippen molar-refractivity contribution < 1.29 is 19.4 Å². The van der Waals surface area contributed by atoms with Gasteiger partial charge >= 0.3 is 5.97 Å². The first kappa shape index (κ1) is 12.0. The van der Waals surface area contributed by atoms with Gasteiger partial charge < -0.3 is 14.6 Å². The Labute approximate surface area is 108 Å². The van der Waals surface area contributed by atoms with E-state index in [0.29, 0.717) is 0 Å². The zero-order valence-corrected chi connectivity index (χ0v) is 10.1. The molecule has 59 valence electrons. The van der Waals surface area contributed by atoms with Crippen LogP contribution in [0.5, 0.6) is 0 Å². The van der Waals surface area contributed by atoms with E-state index in [1.54, 1.807) is 13.8 Å². The van der Waals surface area contributed by atoms with Gasteiger partial charge in [-0.3, -0.25) is 0 Å². The minimum absolute atomic E-state index is 0. The first-order valence-corrected chi connectivity index (χ1v) is 3.06. The van der Waals surface area contributed by atoms with Crippen LogP contribution in [0.1, 0.15) is 13.8 Å². The molecule has 0 amide bonds. The molecule has 1 unspecified atom stereocenters. The van der Waals surface area contributed by atoms with Crippen LogP contribution in [0.2, 0.25) is 0 Å². The minimum Gasteiger partial charge on any atom is -0.479 e. The van der Waals surface area contributed by atoms with E-state index in [2.05, 4.69) is 0 Å². The van der Waals surface area contributed by atoms with Gasteiger partial charge in [-0.1, -0.05) is 0 Å². The predicted octanol–water partition coefficient (Wildman–Crippen LogP) is -0.158. The van der Waals surface area contributed by atoms with E-state index < -0.39 is 17.9 Å². The van der Waals surface area contributed by atoms with Crippen LogP contribution in [-0.4, -0.2) is 81.0 Å². The van der Waals surface area contributed by atoms with Crippen molar-refractivity contribution in [2.24, 2.45) is 0 Å². The predicted molar refractivity (Wildman–Crippen MR) is 38.3 cm³/mol. The van der Waals surface area contributed by atoms with Crippen LogP contribution in [-0.2, 0) is 14.3 Å². The molecule has 1 radical (unpaired) electrons. The molecular weight excluding hydrogens is 175 g/mol. The summed E-state index contributed by atoms with van der Waals surface area (Å²) in [5.41, 5.74) is 0. The number of carbonyl (C=O) groups is 1. The third-order valence-corrected chi connectivity index (χ3v) is 1.28. The zero-order valence-electron chi connectivity index (χ0n) is 6.96. The molecule has 1 rings (SSSR count). The topological polar surface area (TPSA) is 55.8 Å². The Hall–Kier alpha value is 1.03. The molecule has 1 saturated heterocycles. The maximum Gasteiger partial charge on any atom is 0.335 e. The average molecular weight is 185 g/mol. The SMILES string of the molecule is CC1(C)OCC(C(=O)O)O1.[K]. The Morgan fingerprint density at radius 2 is 2.18 bits per heavy atom. The molecule has 1 atom stereocenters. The van der Waals surface area contributed by atoms with Crippen molar-refractivity contribution in [3.8, 4) is 0 Å². The van der Waals surface area contributed by atoms with Crippen molar-refractivity contribution in [1.82, 2.24) is 0 Å². The summed E-state index contributed by atoms with van der Waals surface area (Å²) < 4.78 is 10.00. The summed E-state index contributed by atoms with van der Waals surface area (Å²) >= 11 is 0. The summed E-state index contributed by atoms with van der Waals surface area (Å²) in [5, 5.41) is 8.44. The van der Waals surface area contributed by atoms with E-state index in [0.717, 1.165) is 0 Å². The van der Waals surface area contributed by atoms with Crippen molar-refractivity contribution >= 4 is 57.4 Å². The van der Waals surface area contributed by atoms with Gasteiger partial charge in [0.1, 0.15) is 0 Å². The van der Waals surface area contributed by atoms with Crippen molar-refractivity contribution in [2.75, 3.05) is 6.61 Å². The van der Waals surface area contributed by atoms with E-state index in [1.807, 2.05) is 0 Å². The molecule has 1 aliphatic rings. The monoisotopic (exact) mass is 185 g/mol. The number of hydrogen-bond donors (Lipinski definition) is 1. The van der Waals surface area contributed by atoms with Gasteiger partial charge in [-0.25, -0.2) is 4.79 Å². The average Bonchev–Trinajstić information content (AvgIpc) is 2.10. The van der Waals surface area contributed by atoms with E-state index in [4.69, 9.17) is 14.6 Å². The number of ether oxygens (including phenoxy) is 2. The summed E-state index contributed by atoms with van der Waals surface area (Å²) in [5.74, 6) is -1.70. The molecule has 11 heavy (non-hydrogen) atoms. The second-order valence-electron chi connectivity index (χ2n) is 2.66. The molecule has 0 aromatic rings. The fourth-order valence-electron chi connectivity index (χ4n) is 0.809. The summed E-state index contributed by atoms with van der Waals surface area (Å²) in [4.78, 5) is 10.3. The summed E-state index contributed by atoms with van der Waals surface area (Å²) in [7, 11) is 0. The van der Waals surface area contributed by atoms with Gasteiger partial charge in [-0.15, -0.1) is 0 Å². The molecule has 4 nitrogen and oxygen atoms in total. The fraction of sp³-hybridized carbons (Fsp3) is 0.833. The van der Waals surface area contributed by atoms with Gasteiger partial charge in [0.05, 0.1) is 6.61 Å².